The average molecular weight is 541 g/mol. The molecule has 37 heavy (non-hydrogen) atoms. The maximum absolute atomic E-state index is 13.1. The summed E-state index contributed by atoms with van der Waals surface area (Å²) in [5.74, 6) is -2.00. The molecule has 14 heteroatoms. The molecule has 0 saturated carbocycles. The Bertz CT molecular complexity index is 1480. The molecule has 5 N–H and O–H groups in total. The minimum Gasteiger partial charge on any atom is -0.477 e. The maximum atomic E-state index is 13.1. The second-order valence-electron chi connectivity index (χ2n) is 8.14. The number of nitrogens with two attached hydrogens (primary N) is 1. The Hall–Kier alpha value is -4.17. The quantitative estimate of drug-likeness (QED) is 0.0768. The van der Waals surface area contributed by atoms with Crippen LogP contribution in [0.15, 0.2) is 65.1 Å². The Morgan fingerprint density at radius 1 is 1.46 bits per heavy atom. The van der Waals surface area contributed by atoms with Gasteiger partial charge in [-0.25, -0.2) is 9.78 Å². The summed E-state index contributed by atoms with van der Waals surface area (Å²) < 4.78 is 1.84. The fraction of sp³-hybridized carbons (Fsp3) is 0.217. The number of hydrogen-bond acceptors (Lipinski definition) is 9. The SMILES string of the molecule is C=CCO/N=C(/C(=O)N[C@@H]1C(=O)N2C(C(=O)O)=C(Cc3c[nH][n+]4ccccc34)CS[C@H]12)c1csc(N)n1. The molecule has 0 unspecified atom stereocenters. The van der Waals surface area contributed by atoms with Crippen molar-refractivity contribution in [3.05, 3.63) is 71.2 Å². The Morgan fingerprint density at radius 3 is 3.03 bits per heavy atom. The molecule has 2 aliphatic rings. The van der Waals surface area contributed by atoms with E-state index in [0.717, 1.165) is 22.4 Å². The van der Waals surface area contributed by atoms with E-state index < -0.39 is 29.2 Å². The molecule has 190 valence electrons. The zero-order valence-corrected chi connectivity index (χ0v) is 20.9. The monoisotopic (exact) mass is 540 g/mol. The smallest absolute Gasteiger partial charge is 0.352 e. The van der Waals surface area contributed by atoms with Crippen molar-refractivity contribution >= 4 is 57.2 Å². The number of carbonyl (C=O) groups is 3. The van der Waals surface area contributed by atoms with Crippen molar-refractivity contribution in [3.63, 3.8) is 0 Å². The van der Waals surface area contributed by atoms with Gasteiger partial charge in [-0.3, -0.25) is 14.5 Å². The van der Waals surface area contributed by atoms with Crippen LogP contribution >= 0.6 is 23.1 Å². The van der Waals surface area contributed by atoms with Crippen LogP contribution < -0.4 is 15.6 Å². The number of amides is 2. The number of aromatic amines is 1. The number of nitrogens with zero attached hydrogens (tertiary/aromatic N) is 4. The van der Waals surface area contributed by atoms with Crippen LogP contribution in [0.4, 0.5) is 5.13 Å². The van der Waals surface area contributed by atoms with Crippen molar-refractivity contribution in [2.24, 2.45) is 5.16 Å². The number of nitrogen functional groups attached to an aromatic ring is 1. The molecule has 5 heterocycles. The number of H-pyrrole nitrogens is 1. The molecule has 0 spiro atoms. The second kappa shape index (κ2) is 10.1. The van der Waals surface area contributed by atoms with Gasteiger partial charge in [0.05, 0.1) is 11.8 Å². The zero-order chi connectivity index (χ0) is 26.1. The van der Waals surface area contributed by atoms with Gasteiger partial charge in [0.2, 0.25) is 5.52 Å². The summed E-state index contributed by atoms with van der Waals surface area (Å²) >= 11 is 2.52. The normalized spacial score (nSPS) is 19.4. The number of aromatic nitrogens is 3. The van der Waals surface area contributed by atoms with Crippen LogP contribution in [-0.4, -0.2) is 67.4 Å². The highest BCUT2D eigenvalue weighted by Gasteiger charge is 2.54. The molecule has 3 aromatic heterocycles. The third kappa shape index (κ3) is 4.56. The first-order valence-electron chi connectivity index (χ1n) is 11.1. The molecule has 2 amide bonds. The van der Waals surface area contributed by atoms with Crippen LogP contribution in [0.1, 0.15) is 11.3 Å². The molecule has 3 aromatic rings. The number of thiazole rings is 1. The Labute approximate surface area is 218 Å². The highest BCUT2D eigenvalue weighted by molar-refractivity contribution is 8.00. The lowest BCUT2D eigenvalue weighted by atomic mass is 9.99. The van der Waals surface area contributed by atoms with E-state index in [2.05, 4.69) is 27.1 Å². The number of nitrogens with one attached hydrogen (secondary N) is 2. The standard InChI is InChI=1S/C23H21N7O5S2/c1-2-7-35-28-16(14-11-37-23(24)26-14)19(31)27-17-20(32)30-18(22(33)34)13(10-36-21(17)30)8-12-9-25-29-6-4-3-5-15(12)29/h2-6,9,11,17,21H,1,7-8,10H2,(H4,24,26,27,31,33,34)/p+1/b28-16+/t17-,21-/m1/s1. The molecule has 0 radical (unpaired) electrons. The molecule has 0 aromatic carbocycles. The van der Waals surface area contributed by atoms with E-state index in [-0.39, 0.29) is 28.8 Å². The highest BCUT2D eigenvalue weighted by atomic mass is 32.2. The molecule has 0 aliphatic carbocycles. The number of carboxylic acids is 1. The van der Waals surface area contributed by atoms with Crippen LogP contribution in [0, 0.1) is 0 Å². The number of pyridine rings is 1. The van der Waals surface area contributed by atoms with Crippen molar-refractivity contribution in [1.29, 1.82) is 0 Å². The minimum atomic E-state index is -1.19. The van der Waals surface area contributed by atoms with Gasteiger partial charge in [0.25, 0.3) is 11.8 Å². The lowest BCUT2D eigenvalue weighted by molar-refractivity contribution is -0.576. The maximum Gasteiger partial charge on any atom is 0.352 e. The Balaban J connectivity index is 1.36. The highest BCUT2D eigenvalue weighted by Crippen LogP contribution is 2.41. The van der Waals surface area contributed by atoms with E-state index in [1.807, 2.05) is 35.1 Å². The average Bonchev–Trinajstić information content (AvgIpc) is 3.50. The Kier molecular flexibility index (Phi) is 6.67. The molecule has 2 atom stereocenters. The van der Waals surface area contributed by atoms with E-state index in [1.54, 1.807) is 5.38 Å². The number of oxime groups is 1. The van der Waals surface area contributed by atoms with Crippen LogP contribution in [0.3, 0.4) is 0 Å². The van der Waals surface area contributed by atoms with Crippen LogP contribution in [-0.2, 0) is 25.6 Å². The summed E-state index contributed by atoms with van der Waals surface area (Å²) in [5, 5.41) is 20.8. The number of β-lactam (4-membered cyclic amide) rings is 1. The summed E-state index contributed by atoms with van der Waals surface area (Å²) in [4.78, 5) is 48.8. The number of anilines is 1. The summed E-state index contributed by atoms with van der Waals surface area (Å²) in [5.41, 5.74) is 8.15. The third-order valence-electron chi connectivity index (χ3n) is 5.83. The first-order chi connectivity index (χ1) is 17.9. The van der Waals surface area contributed by atoms with E-state index in [1.165, 1.54) is 22.7 Å². The van der Waals surface area contributed by atoms with Gasteiger partial charge in [0, 0.05) is 29.7 Å². The van der Waals surface area contributed by atoms with Gasteiger partial charge in [-0.1, -0.05) is 22.3 Å². The molecular formula is C23H22N7O5S2+. The van der Waals surface area contributed by atoms with Crippen molar-refractivity contribution in [1.82, 2.24) is 20.3 Å². The molecule has 1 saturated heterocycles. The molecule has 1 fully saturated rings. The van der Waals surface area contributed by atoms with Crippen LogP contribution in [0.25, 0.3) is 5.52 Å². The molecule has 0 bridgehead atoms. The van der Waals surface area contributed by atoms with Gasteiger partial charge >= 0.3 is 5.97 Å². The number of hydrogen-bond donors (Lipinski definition) is 4. The van der Waals surface area contributed by atoms with Gasteiger partial charge in [-0.2, -0.15) is 5.10 Å². The zero-order valence-electron chi connectivity index (χ0n) is 19.3. The van der Waals surface area contributed by atoms with E-state index >= 15 is 0 Å². The fourth-order valence-corrected chi connectivity index (χ4v) is 6.09. The predicted molar refractivity (Wildman–Crippen MR) is 137 cm³/mol. The van der Waals surface area contributed by atoms with Crippen LogP contribution in [0.5, 0.6) is 0 Å². The number of thioether (sulfide) groups is 1. The molecular weight excluding hydrogens is 518 g/mol. The first kappa shape index (κ1) is 24.5. The molecule has 5 rings (SSSR count). The summed E-state index contributed by atoms with van der Waals surface area (Å²) in [6.07, 6.45) is 5.51. The summed E-state index contributed by atoms with van der Waals surface area (Å²) in [7, 11) is 0. The van der Waals surface area contributed by atoms with Gasteiger partial charge in [0.1, 0.15) is 29.4 Å². The minimum absolute atomic E-state index is 0.0509. The van der Waals surface area contributed by atoms with Crippen molar-refractivity contribution in [2.75, 3.05) is 18.1 Å². The number of rotatable bonds is 9. The first-order valence-corrected chi connectivity index (χ1v) is 13.0. The number of fused-ring (bicyclic) bond motifs is 2. The molecule has 12 nitrogen and oxygen atoms in total. The molecule has 2 aliphatic heterocycles. The second-order valence-corrected chi connectivity index (χ2v) is 10.1. The van der Waals surface area contributed by atoms with Gasteiger partial charge in [0.15, 0.2) is 17.0 Å². The van der Waals surface area contributed by atoms with E-state index in [9.17, 15) is 19.5 Å². The van der Waals surface area contributed by atoms with Crippen molar-refractivity contribution in [2.45, 2.75) is 17.8 Å². The van der Waals surface area contributed by atoms with Crippen LogP contribution in [0.2, 0.25) is 0 Å². The summed E-state index contributed by atoms with van der Waals surface area (Å²) in [6.45, 7) is 3.60. The number of carboxylic acid groups (broad SMARTS) is 1. The lowest BCUT2D eigenvalue weighted by Gasteiger charge is -2.49. The third-order valence-corrected chi connectivity index (χ3v) is 7.85. The van der Waals surface area contributed by atoms with E-state index in [4.69, 9.17) is 10.6 Å². The van der Waals surface area contributed by atoms with Crippen molar-refractivity contribution in [3.8, 4) is 0 Å². The summed E-state index contributed by atoms with van der Waals surface area (Å²) in [6, 6.07) is 4.78. The van der Waals surface area contributed by atoms with Gasteiger partial charge in [-0.05, 0) is 11.6 Å². The van der Waals surface area contributed by atoms with Crippen molar-refractivity contribution < 1.29 is 28.8 Å². The van der Waals surface area contributed by atoms with E-state index in [0.29, 0.717) is 17.7 Å². The topological polar surface area (TPSA) is 167 Å². The van der Waals surface area contributed by atoms with Gasteiger partial charge < -0.3 is 21.0 Å². The van der Waals surface area contributed by atoms with Gasteiger partial charge in [-0.15, -0.1) is 23.1 Å². The Morgan fingerprint density at radius 2 is 2.30 bits per heavy atom. The predicted octanol–water partition coefficient (Wildman–Crippen LogP) is 0.680. The largest absolute Gasteiger partial charge is 0.477 e. The lowest BCUT2D eigenvalue weighted by Crippen LogP contribution is -2.71. The fourth-order valence-electron chi connectivity index (χ4n) is 4.19. The number of aliphatic carboxylic acids is 1. The number of carbonyl (C=O) groups excluding carboxylic acids is 2.